The minimum atomic E-state index is -0.917. The number of carbonyl (C=O) groups excluding carboxylic acids is 2. The smallest absolute Gasteiger partial charge is 0.301 e. The molecule has 0 radical (unpaired) electrons. The van der Waals surface area contributed by atoms with Crippen molar-refractivity contribution in [3.05, 3.63) is 98.7 Å². The van der Waals surface area contributed by atoms with Crippen molar-refractivity contribution < 1.29 is 19.1 Å². The van der Waals surface area contributed by atoms with Gasteiger partial charge in [0, 0.05) is 15.1 Å². The number of aliphatic hydroxyl groups excluding tert-OH is 1. The topological polar surface area (TPSA) is 70.5 Å². The average Bonchev–Trinajstić information content (AvgIpc) is 3.32. The number of amides is 1. The number of anilines is 1. The fraction of sp³-hybridized carbons (Fsp3) is 0.0417. The molecule has 1 aliphatic heterocycles. The quantitative estimate of drug-likeness (QED) is 0.182. The Hall–Kier alpha value is -3.07. The van der Waals surface area contributed by atoms with Crippen LogP contribution in [0.15, 0.2) is 76.8 Å². The summed E-state index contributed by atoms with van der Waals surface area (Å²) in [5.74, 6) is -2.39. The Morgan fingerprint density at radius 2 is 1.76 bits per heavy atom. The molecule has 0 saturated carbocycles. The van der Waals surface area contributed by atoms with Crippen LogP contribution in [0.4, 0.5) is 9.52 Å². The molecule has 1 amide bonds. The predicted molar refractivity (Wildman–Crippen MR) is 130 cm³/mol. The monoisotopic (exact) mass is 542 g/mol. The molecule has 1 unspecified atom stereocenters. The van der Waals surface area contributed by atoms with Gasteiger partial charge in [0.25, 0.3) is 5.78 Å². The third kappa shape index (κ3) is 3.84. The van der Waals surface area contributed by atoms with Gasteiger partial charge in [-0.25, -0.2) is 9.37 Å². The fourth-order valence-corrected chi connectivity index (χ4v) is 5.15. The molecule has 5 nitrogen and oxygen atoms in total. The molecule has 1 aliphatic rings. The zero-order chi connectivity index (χ0) is 23.3. The number of hydrogen-bond acceptors (Lipinski definition) is 5. The summed E-state index contributed by atoms with van der Waals surface area (Å²) in [6.45, 7) is 0. The first kappa shape index (κ1) is 21.8. The molecule has 33 heavy (non-hydrogen) atoms. The van der Waals surface area contributed by atoms with Crippen LogP contribution in [0.3, 0.4) is 0 Å². The van der Waals surface area contributed by atoms with E-state index in [1.807, 2.05) is 0 Å². The van der Waals surface area contributed by atoms with Crippen molar-refractivity contribution in [2.24, 2.45) is 0 Å². The van der Waals surface area contributed by atoms with Crippen LogP contribution >= 0.6 is 38.9 Å². The van der Waals surface area contributed by atoms with Gasteiger partial charge in [-0.05, 0) is 60.2 Å². The predicted octanol–water partition coefficient (Wildman–Crippen LogP) is 6.48. The van der Waals surface area contributed by atoms with E-state index in [0.717, 1.165) is 15.8 Å². The Morgan fingerprint density at radius 3 is 2.45 bits per heavy atom. The highest BCUT2D eigenvalue weighted by Gasteiger charge is 2.48. The summed E-state index contributed by atoms with van der Waals surface area (Å²) < 4.78 is 15.1. The summed E-state index contributed by atoms with van der Waals surface area (Å²) in [4.78, 5) is 32.1. The molecule has 0 spiro atoms. The number of rotatable bonds is 3. The number of carbonyl (C=O) groups is 2. The van der Waals surface area contributed by atoms with E-state index in [1.54, 1.807) is 48.5 Å². The van der Waals surface area contributed by atoms with E-state index in [2.05, 4.69) is 20.9 Å². The van der Waals surface area contributed by atoms with Gasteiger partial charge in [0.1, 0.15) is 11.6 Å². The highest BCUT2D eigenvalue weighted by atomic mass is 79.9. The zero-order valence-electron chi connectivity index (χ0n) is 16.6. The number of halogens is 3. The van der Waals surface area contributed by atoms with Gasteiger partial charge in [-0.3, -0.25) is 14.5 Å². The van der Waals surface area contributed by atoms with Gasteiger partial charge in [-0.2, -0.15) is 0 Å². The second kappa shape index (κ2) is 8.37. The molecule has 1 fully saturated rings. The molecular formula is C24H13BrClFN2O3S. The third-order valence-electron chi connectivity index (χ3n) is 5.29. The molecular weight excluding hydrogens is 531 g/mol. The van der Waals surface area contributed by atoms with Gasteiger partial charge in [-0.1, -0.05) is 51.0 Å². The number of Topliss-reactive ketones (excluding diaryl/α,β-unsaturated/α-hetero) is 1. The summed E-state index contributed by atoms with van der Waals surface area (Å²) in [6.07, 6.45) is 0. The van der Waals surface area contributed by atoms with Crippen LogP contribution in [0, 0.1) is 5.82 Å². The van der Waals surface area contributed by atoms with Crippen molar-refractivity contribution in [3.8, 4) is 0 Å². The first-order valence-corrected chi connectivity index (χ1v) is 11.7. The lowest BCUT2D eigenvalue weighted by atomic mass is 9.95. The van der Waals surface area contributed by atoms with E-state index in [9.17, 15) is 19.1 Å². The normalized spacial score (nSPS) is 17.8. The number of benzene rings is 3. The van der Waals surface area contributed by atoms with Crippen molar-refractivity contribution in [2.45, 2.75) is 6.04 Å². The lowest BCUT2D eigenvalue weighted by molar-refractivity contribution is -0.132. The first-order valence-electron chi connectivity index (χ1n) is 9.72. The Kier molecular flexibility index (Phi) is 5.52. The van der Waals surface area contributed by atoms with E-state index in [4.69, 9.17) is 11.6 Å². The summed E-state index contributed by atoms with van der Waals surface area (Å²) in [5, 5.41) is 11.8. The van der Waals surface area contributed by atoms with Crippen LogP contribution in [0.25, 0.3) is 16.0 Å². The SMILES string of the molecule is O=C1C(=O)N(c2nc3ccc(F)cc3s2)C(c2ccc(Br)cc2)C1=C(O)c1ccc(Cl)cc1. The van der Waals surface area contributed by atoms with Gasteiger partial charge < -0.3 is 5.11 Å². The van der Waals surface area contributed by atoms with Gasteiger partial charge in [0.05, 0.1) is 21.8 Å². The van der Waals surface area contributed by atoms with Gasteiger partial charge in [0.15, 0.2) is 5.13 Å². The van der Waals surface area contributed by atoms with Crippen LogP contribution in [-0.4, -0.2) is 21.8 Å². The lowest BCUT2D eigenvalue weighted by Gasteiger charge is -2.23. The molecule has 0 aliphatic carbocycles. The van der Waals surface area contributed by atoms with Crippen molar-refractivity contribution in [1.29, 1.82) is 0 Å². The van der Waals surface area contributed by atoms with Gasteiger partial charge in [-0.15, -0.1) is 0 Å². The molecule has 4 aromatic rings. The molecule has 5 rings (SSSR count). The van der Waals surface area contributed by atoms with Gasteiger partial charge in [0.2, 0.25) is 0 Å². The highest BCUT2D eigenvalue weighted by Crippen LogP contribution is 2.44. The Bertz CT molecular complexity index is 1450. The molecule has 2 heterocycles. The van der Waals surface area contributed by atoms with Crippen LogP contribution in [0.2, 0.25) is 5.02 Å². The second-order valence-corrected chi connectivity index (χ2v) is 9.70. The Labute approximate surface area is 204 Å². The van der Waals surface area contributed by atoms with Crippen LogP contribution in [0.5, 0.6) is 0 Å². The minimum absolute atomic E-state index is 0.0601. The molecule has 0 bridgehead atoms. The molecule has 1 saturated heterocycles. The van der Waals surface area contributed by atoms with E-state index in [1.165, 1.54) is 23.1 Å². The van der Waals surface area contributed by atoms with E-state index in [0.29, 0.717) is 26.4 Å². The molecule has 1 N–H and O–H groups in total. The fourth-order valence-electron chi connectivity index (χ4n) is 3.74. The third-order valence-corrected chi connectivity index (χ3v) is 7.09. The zero-order valence-corrected chi connectivity index (χ0v) is 19.8. The van der Waals surface area contributed by atoms with Gasteiger partial charge >= 0.3 is 5.91 Å². The number of nitrogens with zero attached hydrogens (tertiary/aromatic N) is 2. The highest BCUT2D eigenvalue weighted by molar-refractivity contribution is 9.10. The summed E-state index contributed by atoms with van der Waals surface area (Å²) in [6, 6.07) is 16.6. The minimum Gasteiger partial charge on any atom is -0.507 e. The largest absolute Gasteiger partial charge is 0.507 e. The Morgan fingerprint density at radius 1 is 1.06 bits per heavy atom. The average molecular weight is 544 g/mol. The number of ketones is 1. The number of aliphatic hydroxyl groups is 1. The number of aromatic nitrogens is 1. The van der Waals surface area contributed by atoms with E-state index in [-0.39, 0.29) is 16.5 Å². The van der Waals surface area contributed by atoms with Crippen molar-refractivity contribution >= 4 is 71.7 Å². The van der Waals surface area contributed by atoms with E-state index >= 15 is 0 Å². The van der Waals surface area contributed by atoms with Crippen molar-refractivity contribution in [1.82, 2.24) is 4.98 Å². The molecule has 1 aromatic heterocycles. The second-order valence-electron chi connectivity index (χ2n) is 7.34. The van der Waals surface area contributed by atoms with Crippen LogP contribution in [0.1, 0.15) is 17.2 Å². The maximum Gasteiger partial charge on any atom is 0.301 e. The number of hydrogen-bond donors (Lipinski definition) is 1. The van der Waals surface area contributed by atoms with Crippen LogP contribution < -0.4 is 4.90 Å². The van der Waals surface area contributed by atoms with Crippen molar-refractivity contribution in [2.75, 3.05) is 4.90 Å². The van der Waals surface area contributed by atoms with E-state index < -0.39 is 23.5 Å². The standard InChI is InChI=1S/C24H13BrClFN2O3S/c25-14-5-1-12(2-6-14)20-19(21(30)13-3-7-15(26)8-4-13)22(31)23(32)29(20)24-28-17-10-9-16(27)11-18(17)33-24/h1-11,20,30H. The molecule has 1 atom stereocenters. The Balaban J connectivity index is 1.73. The number of fused-ring (bicyclic) bond motifs is 1. The van der Waals surface area contributed by atoms with Crippen LogP contribution in [-0.2, 0) is 9.59 Å². The maximum atomic E-state index is 13.7. The maximum absolute atomic E-state index is 13.7. The first-order chi connectivity index (χ1) is 15.8. The van der Waals surface area contributed by atoms with Crippen molar-refractivity contribution in [3.63, 3.8) is 0 Å². The lowest BCUT2D eigenvalue weighted by Crippen LogP contribution is -2.29. The summed E-state index contributed by atoms with van der Waals surface area (Å²) in [5.41, 5.74) is 1.41. The molecule has 3 aromatic carbocycles. The summed E-state index contributed by atoms with van der Waals surface area (Å²) >= 11 is 10.4. The number of thiazole rings is 1. The molecule has 9 heteroatoms. The summed E-state index contributed by atoms with van der Waals surface area (Å²) in [7, 11) is 0. The molecule has 164 valence electrons.